The van der Waals surface area contributed by atoms with Gasteiger partial charge in [-0.2, -0.15) is 0 Å². The Balaban J connectivity index is 1.97. The molecule has 17 heavy (non-hydrogen) atoms. The van der Waals surface area contributed by atoms with Crippen LogP contribution in [0.2, 0.25) is 0 Å². The first-order valence-corrected chi connectivity index (χ1v) is 6.92. The molecule has 0 aromatic rings. The van der Waals surface area contributed by atoms with Crippen molar-refractivity contribution in [2.24, 2.45) is 11.7 Å². The molecule has 0 aromatic heterocycles. The fourth-order valence-corrected chi connectivity index (χ4v) is 2.20. The van der Waals surface area contributed by atoms with Gasteiger partial charge >= 0.3 is 0 Å². The van der Waals surface area contributed by atoms with Crippen molar-refractivity contribution in [3.63, 3.8) is 0 Å². The predicted molar refractivity (Wildman–Crippen MR) is 69.9 cm³/mol. The molecule has 4 nitrogen and oxygen atoms in total. The summed E-state index contributed by atoms with van der Waals surface area (Å²) in [5.74, 6) is 0.845. The average Bonchev–Trinajstić information content (AvgIpc) is 2.34. The van der Waals surface area contributed by atoms with Crippen LogP contribution >= 0.6 is 0 Å². The van der Waals surface area contributed by atoms with E-state index in [1.54, 1.807) is 0 Å². The predicted octanol–water partition coefficient (Wildman–Crippen LogP) is 0.881. The van der Waals surface area contributed by atoms with Crippen molar-refractivity contribution in [2.45, 2.75) is 51.2 Å². The summed E-state index contributed by atoms with van der Waals surface area (Å²) in [5, 5.41) is 12.9. The first kappa shape index (κ1) is 14.9. The molecular weight excluding hydrogens is 216 g/mol. The largest absolute Gasteiger partial charge is 0.389 e. The van der Waals surface area contributed by atoms with Crippen molar-refractivity contribution in [2.75, 3.05) is 26.2 Å². The lowest BCUT2D eigenvalue weighted by Crippen LogP contribution is -2.33. The summed E-state index contributed by atoms with van der Waals surface area (Å²) in [4.78, 5) is 0. The second kappa shape index (κ2) is 8.86. The first-order valence-electron chi connectivity index (χ1n) is 6.92. The number of hydrogen-bond donors (Lipinski definition) is 3. The normalized spacial score (nSPS) is 27.0. The number of aliphatic hydroxyl groups excluding tert-OH is 1. The molecule has 1 aliphatic rings. The first-order chi connectivity index (χ1) is 8.22. The van der Waals surface area contributed by atoms with Gasteiger partial charge in [0, 0.05) is 6.54 Å². The molecule has 0 radical (unpaired) electrons. The van der Waals surface area contributed by atoms with E-state index in [1.807, 2.05) is 0 Å². The summed E-state index contributed by atoms with van der Waals surface area (Å²) in [6.07, 6.45) is 5.74. The van der Waals surface area contributed by atoms with Gasteiger partial charge in [-0.15, -0.1) is 0 Å². The van der Waals surface area contributed by atoms with E-state index in [2.05, 4.69) is 12.2 Å². The van der Waals surface area contributed by atoms with Crippen molar-refractivity contribution in [1.82, 2.24) is 5.32 Å². The third-order valence-electron chi connectivity index (χ3n) is 3.42. The topological polar surface area (TPSA) is 67.5 Å². The van der Waals surface area contributed by atoms with Gasteiger partial charge in [0.2, 0.25) is 0 Å². The van der Waals surface area contributed by atoms with E-state index in [0.29, 0.717) is 25.8 Å². The lowest BCUT2D eigenvalue weighted by Gasteiger charge is -2.27. The number of aliphatic hydroxyl groups is 1. The maximum atomic E-state index is 9.71. The Morgan fingerprint density at radius 2 is 2.06 bits per heavy atom. The maximum Gasteiger partial charge on any atom is 0.0897 e. The van der Waals surface area contributed by atoms with Crippen LogP contribution in [0.4, 0.5) is 0 Å². The van der Waals surface area contributed by atoms with E-state index < -0.39 is 6.10 Å². The fraction of sp³-hybridized carbons (Fsp3) is 1.00. The molecular formula is C13H28N2O2. The Morgan fingerprint density at radius 1 is 1.35 bits per heavy atom. The molecule has 0 aliphatic heterocycles. The van der Waals surface area contributed by atoms with Crippen LogP contribution in [0, 0.1) is 5.92 Å². The summed E-state index contributed by atoms with van der Waals surface area (Å²) in [7, 11) is 0. The molecule has 1 aliphatic carbocycles. The molecule has 0 heterocycles. The summed E-state index contributed by atoms with van der Waals surface area (Å²) < 4.78 is 5.74. The van der Waals surface area contributed by atoms with Crippen LogP contribution in [-0.4, -0.2) is 43.6 Å². The van der Waals surface area contributed by atoms with Crippen LogP contribution in [0.5, 0.6) is 0 Å². The lowest BCUT2D eigenvalue weighted by molar-refractivity contribution is -0.0277. The van der Waals surface area contributed by atoms with E-state index in [9.17, 15) is 5.11 Å². The van der Waals surface area contributed by atoms with E-state index in [0.717, 1.165) is 31.7 Å². The summed E-state index contributed by atoms with van der Waals surface area (Å²) in [6, 6.07) is 0. The number of rotatable bonds is 8. The molecule has 0 spiro atoms. The molecule has 0 saturated heterocycles. The monoisotopic (exact) mass is 244 g/mol. The van der Waals surface area contributed by atoms with Crippen molar-refractivity contribution >= 4 is 0 Å². The second-order valence-electron chi connectivity index (χ2n) is 5.22. The van der Waals surface area contributed by atoms with Gasteiger partial charge < -0.3 is 20.9 Å². The minimum absolute atomic E-state index is 0.366. The van der Waals surface area contributed by atoms with Crippen molar-refractivity contribution < 1.29 is 9.84 Å². The Kier molecular flexibility index (Phi) is 7.77. The van der Waals surface area contributed by atoms with Crippen LogP contribution in [-0.2, 0) is 4.74 Å². The van der Waals surface area contributed by atoms with Gasteiger partial charge in [0.25, 0.3) is 0 Å². The lowest BCUT2D eigenvalue weighted by atomic mass is 9.89. The molecule has 0 aromatic carbocycles. The molecule has 1 rings (SSSR count). The number of ether oxygens (including phenoxy) is 1. The van der Waals surface area contributed by atoms with Gasteiger partial charge in [-0.3, -0.25) is 0 Å². The van der Waals surface area contributed by atoms with Gasteiger partial charge in [-0.05, 0) is 51.1 Å². The molecule has 1 atom stereocenters. The molecule has 1 fully saturated rings. The minimum atomic E-state index is -0.396. The molecule has 0 bridgehead atoms. The van der Waals surface area contributed by atoms with Gasteiger partial charge in [0.1, 0.15) is 0 Å². The van der Waals surface area contributed by atoms with Crippen molar-refractivity contribution in [3.05, 3.63) is 0 Å². The van der Waals surface area contributed by atoms with Crippen molar-refractivity contribution in [3.8, 4) is 0 Å². The van der Waals surface area contributed by atoms with E-state index in [4.69, 9.17) is 10.5 Å². The van der Waals surface area contributed by atoms with Gasteiger partial charge in [0.05, 0.1) is 18.8 Å². The van der Waals surface area contributed by atoms with Gasteiger partial charge in [-0.25, -0.2) is 0 Å². The SMILES string of the molecule is CC1CCC(OCC(O)CNCCCN)CC1. The standard InChI is InChI=1S/C13H28N2O2/c1-11-3-5-13(6-4-11)17-10-12(16)9-15-8-2-7-14/h11-13,15-16H,2-10,14H2,1H3. The van der Waals surface area contributed by atoms with Crippen LogP contribution in [0.3, 0.4) is 0 Å². The van der Waals surface area contributed by atoms with Crippen LogP contribution in [0.25, 0.3) is 0 Å². The van der Waals surface area contributed by atoms with Crippen LogP contribution in [0.15, 0.2) is 0 Å². The van der Waals surface area contributed by atoms with E-state index >= 15 is 0 Å². The third-order valence-corrected chi connectivity index (χ3v) is 3.42. The van der Waals surface area contributed by atoms with Gasteiger partial charge in [-0.1, -0.05) is 6.92 Å². The minimum Gasteiger partial charge on any atom is -0.389 e. The Bertz CT molecular complexity index is 182. The van der Waals surface area contributed by atoms with Crippen molar-refractivity contribution in [1.29, 1.82) is 0 Å². The smallest absolute Gasteiger partial charge is 0.0897 e. The molecule has 0 amide bonds. The highest BCUT2D eigenvalue weighted by Gasteiger charge is 2.19. The summed E-state index contributed by atoms with van der Waals surface area (Å²) in [5.41, 5.74) is 5.39. The Morgan fingerprint density at radius 3 is 2.71 bits per heavy atom. The molecule has 4 N–H and O–H groups in total. The number of hydrogen-bond acceptors (Lipinski definition) is 4. The highest BCUT2D eigenvalue weighted by atomic mass is 16.5. The Labute approximate surface area is 105 Å². The zero-order valence-electron chi connectivity index (χ0n) is 11.0. The highest BCUT2D eigenvalue weighted by Crippen LogP contribution is 2.25. The van der Waals surface area contributed by atoms with Crippen LogP contribution < -0.4 is 11.1 Å². The highest BCUT2D eigenvalue weighted by molar-refractivity contribution is 4.71. The van der Waals surface area contributed by atoms with Gasteiger partial charge in [0.15, 0.2) is 0 Å². The van der Waals surface area contributed by atoms with E-state index in [1.165, 1.54) is 12.8 Å². The Hall–Kier alpha value is -0.160. The zero-order chi connectivity index (χ0) is 12.5. The average molecular weight is 244 g/mol. The molecule has 1 saturated carbocycles. The summed E-state index contributed by atoms with van der Waals surface area (Å²) in [6.45, 7) is 4.92. The molecule has 1 unspecified atom stereocenters. The summed E-state index contributed by atoms with van der Waals surface area (Å²) >= 11 is 0. The second-order valence-corrected chi connectivity index (χ2v) is 5.22. The number of nitrogens with one attached hydrogen (secondary N) is 1. The molecule has 102 valence electrons. The fourth-order valence-electron chi connectivity index (χ4n) is 2.20. The van der Waals surface area contributed by atoms with Crippen LogP contribution in [0.1, 0.15) is 39.0 Å². The zero-order valence-corrected chi connectivity index (χ0v) is 11.0. The quantitative estimate of drug-likeness (QED) is 0.555. The van der Waals surface area contributed by atoms with E-state index in [-0.39, 0.29) is 0 Å². The third kappa shape index (κ3) is 6.99. The maximum absolute atomic E-state index is 9.71. The molecule has 4 heteroatoms. The number of nitrogens with two attached hydrogens (primary N) is 1.